The molecule has 1 rings (SSSR count). The Morgan fingerprint density at radius 1 is 1.29 bits per heavy atom. The van der Waals surface area contributed by atoms with E-state index in [4.69, 9.17) is 5.73 Å². The molecular weight excluding hydrogens is 188 g/mol. The zero-order chi connectivity index (χ0) is 10.6. The average molecular weight is 196 g/mol. The van der Waals surface area contributed by atoms with E-state index >= 15 is 0 Å². The minimum atomic E-state index is -0.872. The molecule has 1 heterocycles. The van der Waals surface area contributed by atoms with Gasteiger partial charge in [-0.1, -0.05) is 0 Å². The molecule has 0 aliphatic heterocycles. The molecule has 7 heteroatoms. The average Bonchev–Trinajstić information content (AvgIpc) is 2.15. The van der Waals surface area contributed by atoms with E-state index in [1.54, 1.807) is 0 Å². The molecule has 14 heavy (non-hydrogen) atoms. The zero-order valence-corrected chi connectivity index (χ0v) is 7.03. The second-order valence-electron chi connectivity index (χ2n) is 2.38. The molecule has 0 aliphatic carbocycles. The lowest BCUT2D eigenvalue weighted by Gasteiger charge is -2.03. The number of nitrogens with one attached hydrogen (secondary N) is 3. The Hall–Kier alpha value is -2.31. The third-order valence-electron chi connectivity index (χ3n) is 1.35. The highest BCUT2D eigenvalue weighted by Gasteiger charge is 2.04. The molecule has 74 valence electrons. The molecule has 0 bridgehead atoms. The topological polar surface area (TPSA) is 117 Å². The maximum atomic E-state index is 11.2. The molecule has 0 saturated carbocycles. The number of hydrogen-bond acceptors (Lipinski definition) is 3. The van der Waals surface area contributed by atoms with Gasteiger partial charge < -0.3 is 10.7 Å². The van der Waals surface area contributed by atoms with Gasteiger partial charge in [-0.05, 0) is 6.07 Å². The number of carbonyl (C=O) groups is 2. The van der Waals surface area contributed by atoms with Crippen molar-refractivity contribution in [3.63, 3.8) is 0 Å². The summed E-state index contributed by atoms with van der Waals surface area (Å²) in [4.78, 5) is 34.3. The van der Waals surface area contributed by atoms with Crippen molar-refractivity contribution in [2.24, 2.45) is 5.73 Å². The van der Waals surface area contributed by atoms with E-state index in [1.165, 1.54) is 18.3 Å². The summed E-state index contributed by atoms with van der Waals surface area (Å²) in [5.41, 5.74) is 8.55. The summed E-state index contributed by atoms with van der Waals surface area (Å²) in [7, 11) is 0. The molecule has 1 aromatic heterocycles. The zero-order valence-electron chi connectivity index (χ0n) is 7.03. The molecule has 0 atom stereocenters. The van der Waals surface area contributed by atoms with Crippen molar-refractivity contribution >= 4 is 11.9 Å². The quantitative estimate of drug-likeness (QED) is 0.417. The summed E-state index contributed by atoms with van der Waals surface area (Å²) in [6.07, 6.45) is 1.22. The number of rotatable bonds is 1. The number of pyridine rings is 1. The Balaban J connectivity index is 2.65. The van der Waals surface area contributed by atoms with Crippen LogP contribution in [0.5, 0.6) is 0 Å². The second kappa shape index (κ2) is 4.08. The SMILES string of the molecule is NC(=O)NNC(=O)c1ccc(=O)[nH]c1. The van der Waals surface area contributed by atoms with Crippen LogP contribution in [0.4, 0.5) is 4.79 Å². The van der Waals surface area contributed by atoms with Gasteiger partial charge in [0.1, 0.15) is 0 Å². The van der Waals surface area contributed by atoms with Crippen molar-refractivity contribution < 1.29 is 9.59 Å². The highest BCUT2D eigenvalue weighted by atomic mass is 16.2. The van der Waals surface area contributed by atoms with Gasteiger partial charge in [-0.3, -0.25) is 15.0 Å². The molecule has 0 radical (unpaired) electrons. The van der Waals surface area contributed by atoms with Crippen molar-refractivity contribution in [3.05, 3.63) is 34.2 Å². The summed E-state index contributed by atoms with van der Waals surface area (Å²) in [5.74, 6) is -0.569. The standard InChI is InChI=1S/C7H8N4O3/c8-7(14)11-10-6(13)4-1-2-5(12)9-3-4/h1-3H,(H,9,12)(H,10,13)(H3,8,11,14). The summed E-state index contributed by atoms with van der Waals surface area (Å²) in [6, 6.07) is 1.64. The van der Waals surface area contributed by atoms with Crippen molar-refractivity contribution in [1.82, 2.24) is 15.8 Å². The maximum absolute atomic E-state index is 11.2. The smallest absolute Gasteiger partial charge is 0.330 e. The minimum Gasteiger partial charge on any atom is -0.350 e. The number of carbonyl (C=O) groups excluding carboxylic acids is 2. The fraction of sp³-hybridized carbons (Fsp3) is 0. The Morgan fingerprint density at radius 3 is 2.50 bits per heavy atom. The highest BCUT2D eigenvalue weighted by Crippen LogP contribution is 1.90. The van der Waals surface area contributed by atoms with Crippen LogP contribution in [-0.2, 0) is 0 Å². The van der Waals surface area contributed by atoms with Crippen molar-refractivity contribution in [2.45, 2.75) is 0 Å². The van der Waals surface area contributed by atoms with Crippen LogP contribution in [-0.4, -0.2) is 16.9 Å². The number of nitrogens with two attached hydrogens (primary N) is 1. The van der Waals surface area contributed by atoms with Crippen molar-refractivity contribution in [3.8, 4) is 0 Å². The lowest BCUT2D eigenvalue weighted by Crippen LogP contribution is -2.44. The molecule has 0 spiro atoms. The van der Waals surface area contributed by atoms with Crippen molar-refractivity contribution in [1.29, 1.82) is 0 Å². The van der Waals surface area contributed by atoms with E-state index in [1.807, 2.05) is 10.9 Å². The third-order valence-corrected chi connectivity index (χ3v) is 1.35. The number of urea groups is 1. The predicted octanol–water partition coefficient (Wildman–Crippen LogP) is -1.31. The van der Waals surface area contributed by atoms with Gasteiger partial charge in [0.25, 0.3) is 5.91 Å². The first-order chi connectivity index (χ1) is 6.59. The minimum absolute atomic E-state index is 0.207. The first-order valence-electron chi connectivity index (χ1n) is 3.64. The molecule has 1 aromatic rings. The summed E-state index contributed by atoms with van der Waals surface area (Å²) >= 11 is 0. The van der Waals surface area contributed by atoms with Crippen LogP contribution in [0.1, 0.15) is 10.4 Å². The Morgan fingerprint density at radius 2 is 2.00 bits per heavy atom. The molecule has 0 saturated heterocycles. The van der Waals surface area contributed by atoms with Crippen LogP contribution in [0.3, 0.4) is 0 Å². The Labute approximate surface area is 78.3 Å². The van der Waals surface area contributed by atoms with Gasteiger partial charge in [0.05, 0.1) is 5.56 Å². The van der Waals surface area contributed by atoms with Gasteiger partial charge in [0.15, 0.2) is 0 Å². The van der Waals surface area contributed by atoms with E-state index in [9.17, 15) is 14.4 Å². The molecule has 7 nitrogen and oxygen atoms in total. The summed E-state index contributed by atoms with van der Waals surface area (Å²) in [6.45, 7) is 0. The second-order valence-corrected chi connectivity index (χ2v) is 2.38. The number of H-pyrrole nitrogens is 1. The van der Waals surface area contributed by atoms with Gasteiger partial charge in [0, 0.05) is 12.3 Å². The molecular formula is C7H8N4O3. The summed E-state index contributed by atoms with van der Waals surface area (Å²) in [5, 5.41) is 0. The molecule has 0 unspecified atom stereocenters. The lowest BCUT2D eigenvalue weighted by atomic mass is 10.3. The molecule has 3 amide bonds. The monoisotopic (exact) mass is 196 g/mol. The van der Waals surface area contributed by atoms with Gasteiger partial charge in [-0.25, -0.2) is 10.2 Å². The maximum Gasteiger partial charge on any atom is 0.330 e. The summed E-state index contributed by atoms with van der Waals surface area (Å²) < 4.78 is 0. The third kappa shape index (κ3) is 2.63. The number of aromatic amines is 1. The van der Waals surface area contributed by atoms with Crippen LogP contribution >= 0.6 is 0 Å². The molecule has 0 aliphatic rings. The molecule has 5 N–H and O–H groups in total. The number of primary amides is 1. The van der Waals surface area contributed by atoms with Crippen LogP contribution in [0.25, 0.3) is 0 Å². The van der Waals surface area contributed by atoms with E-state index in [0.29, 0.717) is 0 Å². The fourth-order valence-corrected chi connectivity index (χ4v) is 0.742. The van der Waals surface area contributed by atoms with Crippen LogP contribution < -0.4 is 22.1 Å². The highest BCUT2D eigenvalue weighted by molar-refractivity contribution is 5.94. The normalized spacial score (nSPS) is 9.14. The first-order valence-corrected chi connectivity index (χ1v) is 3.64. The Bertz CT molecular complexity index is 391. The van der Waals surface area contributed by atoms with Gasteiger partial charge in [0.2, 0.25) is 5.56 Å². The number of aromatic nitrogens is 1. The van der Waals surface area contributed by atoms with Crippen molar-refractivity contribution in [2.75, 3.05) is 0 Å². The number of amides is 3. The molecule has 0 fully saturated rings. The largest absolute Gasteiger partial charge is 0.350 e. The van der Waals surface area contributed by atoms with Crippen LogP contribution in [0.2, 0.25) is 0 Å². The molecule has 0 aromatic carbocycles. The van der Waals surface area contributed by atoms with Crippen LogP contribution in [0, 0.1) is 0 Å². The van der Waals surface area contributed by atoms with E-state index in [2.05, 4.69) is 4.98 Å². The lowest BCUT2D eigenvalue weighted by molar-refractivity contribution is 0.0937. The van der Waals surface area contributed by atoms with Gasteiger partial charge >= 0.3 is 6.03 Å². The van der Waals surface area contributed by atoms with Gasteiger partial charge in [-0.15, -0.1) is 0 Å². The van der Waals surface area contributed by atoms with Gasteiger partial charge in [-0.2, -0.15) is 0 Å². The Kier molecular flexibility index (Phi) is 2.85. The number of hydrogen-bond donors (Lipinski definition) is 4. The predicted molar refractivity (Wildman–Crippen MR) is 47.2 cm³/mol. The van der Waals surface area contributed by atoms with E-state index in [-0.39, 0.29) is 11.1 Å². The van der Waals surface area contributed by atoms with Crippen LogP contribution in [0.15, 0.2) is 23.1 Å². The first kappa shape index (κ1) is 9.78. The number of hydrazine groups is 1. The van der Waals surface area contributed by atoms with E-state index < -0.39 is 11.9 Å². The van der Waals surface area contributed by atoms with E-state index in [0.717, 1.165) is 0 Å². The fourth-order valence-electron chi connectivity index (χ4n) is 0.742.